The first-order valence-electron chi connectivity index (χ1n) is 9.87. The van der Waals surface area contributed by atoms with E-state index in [0.717, 1.165) is 0 Å². The summed E-state index contributed by atoms with van der Waals surface area (Å²) in [6, 6.07) is 15.2. The van der Waals surface area contributed by atoms with Crippen molar-refractivity contribution in [3.05, 3.63) is 100 Å². The van der Waals surface area contributed by atoms with Crippen LogP contribution < -0.4 is 15.4 Å². The molecule has 0 aliphatic carbocycles. The molecule has 4 rings (SSSR count). The van der Waals surface area contributed by atoms with Gasteiger partial charge in [-0.25, -0.2) is 13.8 Å². The number of halogens is 3. The summed E-state index contributed by atoms with van der Waals surface area (Å²) in [7, 11) is 0. The number of amides is 2. The number of ether oxygens (including phenoxy) is 1. The van der Waals surface area contributed by atoms with Crippen molar-refractivity contribution in [3.8, 4) is 11.6 Å². The van der Waals surface area contributed by atoms with Gasteiger partial charge in [0.2, 0.25) is 5.88 Å². The van der Waals surface area contributed by atoms with Crippen molar-refractivity contribution in [1.82, 2.24) is 20.5 Å². The number of anilines is 1. The number of rotatable bonds is 7. The molecular formula is C23H16ClF2N5O3. The van der Waals surface area contributed by atoms with E-state index in [-0.39, 0.29) is 28.6 Å². The number of aromatic amines is 1. The zero-order valence-electron chi connectivity index (χ0n) is 17.3. The van der Waals surface area contributed by atoms with Gasteiger partial charge >= 0.3 is 0 Å². The lowest BCUT2D eigenvalue weighted by Crippen LogP contribution is -2.23. The first-order valence-corrected chi connectivity index (χ1v) is 10.2. The lowest BCUT2D eigenvalue weighted by molar-refractivity contribution is 0.0944. The molecule has 0 saturated heterocycles. The second-order valence-corrected chi connectivity index (χ2v) is 7.34. The zero-order valence-corrected chi connectivity index (χ0v) is 18.1. The second kappa shape index (κ2) is 10.1. The van der Waals surface area contributed by atoms with Crippen LogP contribution in [0.4, 0.5) is 14.6 Å². The van der Waals surface area contributed by atoms with Gasteiger partial charge in [-0.3, -0.25) is 14.7 Å². The quantitative estimate of drug-likeness (QED) is 0.330. The number of nitrogens with one attached hydrogen (secondary N) is 3. The molecule has 0 aliphatic rings. The third-order valence-corrected chi connectivity index (χ3v) is 4.88. The molecule has 3 N–H and O–H groups in total. The van der Waals surface area contributed by atoms with Gasteiger partial charge < -0.3 is 15.4 Å². The highest BCUT2D eigenvalue weighted by molar-refractivity contribution is 6.34. The standard InChI is InChI=1S/C23H16ClF2N5O3/c24-16-10-18(26)17(25)9-15(16)21(32)29-20-11-19(30-31-20)22(33)28-12-13-5-4-8-27-23(13)34-14-6-2-1-3-7-14/h1-11H,12H2,(H,28,33)(H2,29,30,31,32). The molecule has 8 nitrogen and oxygen atoms in total. The summed E-state index contributed by atoms with van der Waals surface area (Å²) >= 11 is 5.81. The van der Waals surface area contributed by atoms with Crippen LogP contribution in [0.5, 0.6) is 11.6 Å². The molecule has 0 saturated carbocycles. The minimum Gasteiger partial charge on any atom is -0.439 e. The summed E-state index contributed by atoms with van der Waals surface area (Å²) < 4.78 is 32.4. The summed E-state index contributed by atoms with van der Waals surface area (Å²) in [6.07, 6.45) is 1.58. The number of aromatic nitrogens is 3. The van der Waals surface area contributed by atoms with Gasteiger partial charge in [-0.15, -0.1) is 0 Å². The van der Waals surface area contributed by atoms with Gasteiger partial charge in [0.05, 0.1) is 10.6 Å². The van der Waals surface area contributed by atoms with Crippen LogP contribution in [0.2, 0.25) is 5.02 Å². The maximum atomic E-state index is 13.4. The smallest absolute Gasteiger partial charge is 0.269 e. The van der Waals surface area contributed by atoms with Gasteiger partial charge in [0, 0.05) is 24.4 Å². The topological polar surface area (TPSA) is 109 Å². The normalized spacial score (nSPS) is 10.6. The number of carbonyl (C=O) groups excluding carboxylic acids is 2. The number of H-pyrrole nitrogens is 1. The zero-order chi connectivity index (χ0) is 24.1. The third-order valence-electron chi connectivity index (χ3n) is 4.57. The van der Waals surface area contributed by atoms with E-state index in [4.69, 9.17) is 16.3 Å². The molecule has 34 heavy (non-hydrogen) atoms. The minimum atomic E-state index is -1.22. The fourth-order valence-electron chi connectivity index (χ4n) is 2.90. The van der Waals surface area contributed by atoms with Crippen LogP contribution >= 0.6 is 11.6 Å². The molecule has 0 bridgehead atoms. The van der Waals surface area contributed by atoms with Crippen LogP contribution in [0.3, 0.4) is 0 Å². The van der Waals surface area contributed by atoms with Gasteiger partial charge in [-0.05, 0) is 30.3 Å². The molecule has 2 heterocycles. The van der Waals surface area contributed by atoms with Crippen molar-refractivity contribution in [2.45, 2.75) is 6.54 Å². The van der Waals surface area contributed by atoms with E-state index < -0.39 is 23.4 Å². The van der Waals surface area contributed by atoms with Crippen molar-refractivity contribution in [1.29, 1.82) is 0 Å². The summed E-state index contributed by atoms with van der Waals surface area (Å²) in [4.78, 5) is 29.0. The van der Waals surface area contributed by atoms with Crippen LogP contribution in [0.1, 0.15) is 26.4 Å². The summed E-state index contributed by atoms with van der Waals surface area (Å²) in [5.74, 6) is -2.79. The highest BCUT2D eigenvalue weighted by Crippen LogP contribution is 2.23. The third kappa shape index (κ3) is 5.36. The van der Waals surface area contributed by atoms with Crippen molar-refractivity contribution >= 4 is 29.2 Å². The number of hydrogen-bond acceptors (Lipinski definition) is 5. The average Bonchev–Trinajstić information content (AvgIpc) is 3.30. The maximum absolute atomic E-state index is 13.4. The molecule has 0 radical (unpaired) electrons. The number of benzene rings is 2. The highest BCUT2D eigenvalue weighted by Gasteiger charge is 2.18. The molecule has 0 atom stereocenters. The van der Waals surface area contributed by atoms with Crippen molar-refractivity contribution in [3.63, 3.8) is 0 Å². The fourth-order valence-corrected chi connectivity index (χ4v) is 3.14. The van der Waals surface area contributed by atoms with E-state index in [1.165, 1.54) is 6.07 Å². The molecular weight excluding hydrogens is 468 g/mol. The van der Waals surface area contributed by atoms with Gasteiger partial charge in [-0.1, -0.05) is 35.9 Å². The van der Waals surface area contributed by atoms with E-state index in [1.807, 2.05) is 18.2 Å². The monoisotopic (exact) mass is 483 g/mol. The molecule has 2 aromatic heterocycles. The van der Waals surface area contributed by atoms with E-state index in [0.29, 0.717) is 29.3 Å². The first-order chi connectivity index (χ1) is 16.4. The summed E-state index contributed by atoms with van der Waals surface area (Å²) in [6.45, 7) is 0.111. The van der Waals surface area contributed by atoms with Crippen LogP contribution in [-0.2, 0) is 6.54 Å². The van der Waals surface area contributed by atoms with E-state index in [1.54, 1.807) is 30.5 Å². The van der Waals surface area contributed by atoms with E-state index in [9.17, 15) is 18.4 Å². The Morgan fingerprint density at radius 1 is 1.00 bits per heavy atom. The van der Waals surface area contributed by atoms with Crippen molar-refractivity contribution < 1.29 is 23.1 Å². The van der Waals surface area contributed by atoms with Gasteiger partial charge in [0.1, 0.15) is 11.4 Å². The Labute approximate surface area is 196 Å². The number of pyridine rings is 1. The molecule has 2 aromatic carbocycles. The second-order valence-electron chi connectivity index (χ2n) is 6.93. The highest BCUT2D eigenvalue weighted by atomic mass is 35.5. The van der Waals surface area contributed by atoms with Crippen molar-refractivity contribution in [2.75, 3.05) is 5.32 Å². The Hall–Kier alpha value is -4.31. The predicted molar refractivity (Wildman–Crippen MR) is 120 cm³/mol. The molecule has 0 spiro atoms. The molecule has 11 heteroatoms. The summed E-state index contributed by atoms with van der Waals surface area (Å²) in [5, 5.41) is 11.1. The largest absolute Gasteiger partial charge is 0.439 e. The summed E-state index contributed by atoms with van der Waals surface area (Å²) in [5.41, 5.74) is 0.416. The molecule has 0 unspecified atom stereocenters. The van der Waals surface area contributed by atoms with E-state index >= 15 is 0 Å². The number of hydrogen-bond donors (Lipinski definition) is 3. The number of carbonyl (C=O) groups is 2. The molecule has 0 fully saturated rings. The van der Waals surface area contributed by atoms with Crippen LogP contribution in [0, 0.1) is 11.6 Å². The lowest BCUT2D eigenvalue weighted by atomic mass is 10.2. The fraction of sp³-hybridized carbons (Fsp3) is 0.0435. The maximum Gasteiger partial charge on any atom is 0.269 e. The predicted octanol–water partition coefficient (Wildman–Crippen LogP) is 4.71. The first kappa shape index (κ1) is 22.9. The Morgan fingerprint density at radius 2 is 1.76 bits per heavy atom. The van der Waals surface area contributed by atoms with E-state index in [2.05, 4.69) is 25.8 Å². The van der Waals surface area contributed by atoms with Crippen LogP contribution in [0.15, 0.2) is 66.9 Å². The average molecular weight is 484 g/mol. The minimum absolute atomic E-state index is 0.00886. The molecule has 172 valence electrons. The van der Waals surface area contributed by atoms with Gasteiger partial charge in [-0.2, -0.15) is 5.10 Å². The van der Waals surface area contributed by atoms with Gasteiger partial charge in [0.15, 0.2) is 17.5 Å². The van der Waals surface area contributed by atoms with Crippen LogP contribution in [-0.4, -0.2) is 27.0 Å². The SMILES string of the molecule is O=C(NCc1cccnc1Oc1ccccc1)c1cc(NC(=O)c2cc(F)c(F)cc2Cl)n[nH]1. The lowest BCUT2D eigenvalue weighted by Gasteiger charge is -2.10. The van der Waals surface area contributed by atoms with Gasteiger partial charge in [0.25, 0.3) is 11.8 Å². The number of para-hydroxylation sites is 1. The molecule has 4 aromatic rings. The molecule has 0 aliphatic heterocycles. The Balaban J connectivity index is 1.39. The van der Waals surface area contributed by atoms with Crippen LogP contribution in [0.25, 0.3) is 0 Å². The Bertz CT molecular complexity index is 1350. The Morgan fingerprint density at radius 3 is 2.56 bits per heavy atom. The Kier molecular flexibility index (Phi) is 6.79. The molecule has 2 amide bonds. The van der Waals surface area contributed by atoms with Crippen molar-refractivity contribution in [2.24, 2.45) is 0 Å². The number of nitrogens with zero attached hydrogens (tertiary/aromatic N) is 2.